The number of aryl methyl sites for hydroxylation is 2. The molecule has 19 heavy (non-hydrogen) atoms. The van der Waals surface area contributed by atoms with Crippen LogP contribution in [-0.2, 0) is 13.8 Å². The minimum absolute atomic E-state index is 0.0240. The Balaban J connectivity index is 3.12. The molecule has 4 nitrogen and oxygen atoms in total. The van der Waals surface area contributed by atoms with Crippen LogP contribution in [0.25, 0.3) is 0 Å². The van der Waals surface area contributed by atoms with Gasteiger partial charge >= 0.3 is 0 Å². The quantitative estimate of drug-likeness (QED) is 0.758. The fourth-order valence-electron chi connectivity index (χ4n) is 1.79. The van der Waals surface area contributed by atoms with Crippen molar-refractivity contribution in [3.63, 3.8) is 0 Å². The van der Waals surface area contributed by atoms with E-state index in [1.807, 2.05) is 19.9 Å². The molecule has 1 aromatic carbocycles. The second-order valence-corrected chi connectivity index (χ2v) is 7.09. The molecule has 108 valence electrons. The summed E-state index contributed by atoms with van der Waals surface area (Å²) in [5.41, 5.74) is 1.58. The maximum absolute atomic E-state index is 11.6. The number of hydrogen-bond donors (Lipinski definition) is 0. The molecule has 1 rings (SSSR count). The summed E-state index contributed by atoms with van der Waals surface area (Å²) in [4.78, 5) is 0.0240. The van der Waals surface area contributed by atoms with Crippen molar-refractivity contribution in [1.82, 2.24) is 0 Å². The highest BCUT2D eigenvalue weighted by Crippen LogP contribution is 2.32. The lowest BCUT2D eigenvalue weighted by molar-refractivity contribution is 0.132. The molecule has 0 aliphatic rings. The molecule has 0 spiro atoms. The highest BCUT2D eigenvalue weighted by Gasteiger charge is 2.21. The van der Waals surface area contributed by atoms with E-state index < -0.39 is 9.05 Å². The lowest BCUT2D eigenvalue weighted by Gasteiger charge is -2.18. The summed E-state index contributed by atoms with van der Waals surface area (Å²) in [5.74, 6) is 0.323. The number of methoxy groups -OCH3 is 1. The first-order chi connectivity index (χ1) is 8.75. The van der Waals surface area contributed by atoms with Gasteiger partial charge in [-0.25, -0.2) is 8.42 Å². The standard InChI is InChI=1S/C13H19ClO4S/c1-9-7-10(2)13(12(8-9)19(14,15)16)18-11(3)5-6-17-4/h7-8,11H,5-6H2,1-4H3. The Hall–Kier alpha value is -0.780. The summed E-state index contributed by atoms with van der Waals surface area (Å²) in [5, 5.41) is 0. The van der Waals surface area contributed by atoms with E-state index in [1.165, 1.54) is 6.07 Å². The van der Waals surface area contributed by atoms with E-state index in [1.54, 1.807) is 14.0 Å². The molecule has 0 amide bonds. The van der Waals surface area contributed by atoms with Gasteiger partial charge < -0.3 is 9.47 Å². The van der Waals surface area contributed by atoms with Crippen molar-refractivity contribution in [2.24, 2.45) is 0 Å². The molecular formula is C13H19ClO4S. The van der Waals surface area contributed by atoms with Gasteiger partial charge in [-0.05, 0) is 38.0 Å². The fourth-order valence-corrected chi connectivity index (χ4v) is 2.89. The van der Waals surface area contributed by atoms with Gasteiger partial charge in [-0.2, -0.15) is 0 Å². The molecule has 0 saturated carbocycles. The number of hydrogen-bond acceptors (Lipinski definition) is 4. The van der Waals surface area contributed by atoms with Crippen molar-refractivity contribution in [1.29, 1.82) is 0 Å². The zero-order chi connectivity index (χ0) is 14.6. The van der Waals surface area contributed by atoms with Crippen LogP contribution in [0.2, 0.25) is 0 Å². The van der Waals surface area contributed by atoms with Gasteiger partial charge in [0.25, 0.3) is 9.05 Å². The smallest absolute Gasteiger partial charge is 0.265 e. The fraction of sp³-hybridized carbons (Fsp3) is 0.538. The SMILES string of the molecule is COCCC(C)Oc1c(C)cc(C)cc1S(=O)(=O)Cl. The van der Waals surface area contributed by atoms with Gasteiger partial charge in [0.1, 0.15) is 10.6 Å². The molecule has 0 saturated heterocycles. The molecule has 0 heterocycles. The van der Waals surface area contributed by atoms with Crippen molar-refractivity contribution in [2.75, 3.05) is 13.7 Å². The molecule has 0 bridgehead atoms. The third-order valence-electron chi connectivity index (χ3n) is 2.70. The van der Waals surface area contributed by atoms with Crippen molar-refractivity contribution in [3.05, 3.63) is 23.3 Å². The van der Waals surface area contributed by atoms with E-state index in [9.17, 15) is 8.42 Å². The Bertz CT molecular complexity index is 540. The van der Waals surface area contributed by atoms with E-state index >= 15 is 0 Å². The Kier molecular flexibility index (Phi) is 5.64. The number of ether oxygens (including phenoxy) is 2. The summed E-state index contributed by atoms with van der Waals surface area (Å²) >= 11 is 0. The van der Waals surface area contributed by atoms with E-state index in [2.05, 4.69) is 0 Å². The number of rotatable bonds is 6. The molecule has 1 unspecified atom stereocenters. The first kappa shape index (κ1) is 16.3. The monoisotopic (exact) mass is 306 g/mol. The number of halogens is 1. The summed E-state index contributed by atoms with van der Waals surface area (Å²) in [6.45, 7) is 6.03. The minimum atomic E-state index is -3.83. The normalized spacial score (nSPS) is 13.3. The molecule has 6 heteroatoms. The highest BCUT2D eigenvalue weighted by molar-refractivity contribution is 8.13. The van der Waals surface area contributed by atoms with Crippen LogP contribution in [0.4, 0.5) is 0 Å². The highest BCUT2D eigenvalue weighted by atomic mass is 35.7. The molecular weight excluding hydrogens is 288 g/mol. The van der Waals surface area contributed by atoms with Crippen molar-refractivity contribution in [2.45, 2.75) is 38.2 Å². The Morgan fingerprint density at radius 1 is 1.32 bits per heavy atom. The van der Waals surface area contributed by atoms with Crippen molar-refractivity contribution in [3.8, 4) is 5.75 Å². The second-order valence-electron chi connectivity index (χ2n) is 4.56. The molecule has 0 fully saturated rings. The maximum Gasteiger partial charge on any atom is 0.265 e. The zero-order valence-electron chi connectivity index (χ0n) is 11.6. The first-order valence-electron chi connectivity index (χ1n) is 5.97. The average molecular weight is 307 g/mol. The van der Waals surface area contributed by atoms with E-state index in [4.69, 9.17) is 20.2 Å². The van der Waals surface area contributed by atoms with Crippen LogP contribution in [0.15, 0.2) is 17.0 Å². The van der Waals surface area contributed by atoms with Crippen LogP contribution < -0.4 is 4.74 Å². The summed E-state index contributed by atoms with van der Waals surface area (Å²) < 4.78 is 33.9. The van der Waals surface area contributed by atoms with Gasteiger partial charge in [0.2, 0.25) is 0 Å². The van der Waals surface area contributed by atoms with Crippen LogP contribution in [0, 0.1) is 13.8 Å². The van der Waals surface area contributed by atoms with Crippen LogP contribution in [0.3, 0.4) is 0 Å². The van der Waals surface area contributed by atoms with Crippen LogP contribution in [-0.4, -0.2) is 28.2 Å². The van der Waals surface area contributed by atoms with Gasteiger partial charge in [-0.15, -0.1) is 0 Å². The predicted molar refractivity (Wildman–Crippen MR) is 75.5 cm³/mol. The van der Waals surface area contributed by atoms with Crippen molar-refractivity contribution >= 4 is 19.7 Å². The Morgan fingerprint density at radius 3 is 2.47 bits per heavy atom. The Morgan fingerprint density at radius 2 is 1.95 bits per heavy atom. The van der Waals surface area contributed by atoms with Crippen LogP contribution in [0.1, 0.15) is 24.5 Å². The van der Waals surface area contributed by atoms with E-state index in [0.717, 1.165) is 11.1 Å². The van der Waals surface area contributed by atoms with Gasteiger partial charge in [-0.3, -0.25) is 0 Å². The number of benzene rings is 1. The predicted octanol–water partition coefficient (Wildman–Crippen LogP) is 3.03. The summed E-state index contributed by atoms with van der Waals surface area (Å²) in [7, 11) is 3.24. The molecule has 0 aromatic heterocycles. The lowest BCUT2D eigenvalue weighted by atomic mass is 10.1. The third kappa shape index (κ3) is 4.67. The van der Waals surface area contributed by atoms with Gasteiger partial charge in [0, 0.05) is 30.8 Å². The molecule has 0 aliphatic heterocycles. The van der Waals surface area contributed by atoms with Crippen LogP contribution >= 0.6 is 10.7 Å². The topological polar surface area (TPSA) is 52.6 Å². The largest absolute Gasteiger partial charge is 0.489 e. The molecule has 0 N–H and O–H groups in total. The van der Waals surface area contributed by atoms with Gasteiger partial charge in [-0.1, -0.05) is 6.07 Å². The van der Waals surface area contributed by atoms with E-state index in [0.29, 0.717) is 18.8 Å². The summed E-state index contributed by atoms with van der Waals surface area (Å²) in [6.07, 6.45) is 0.518. The molecule has 0 aliphatic carbocycles. The second kappa shape index (κ2) is 6.59. The first-order valence-corrected chi connectivity index (χ1v) is 8.28. The van der Waals surface area contributed by atoms with Crippen molar-refractivity contribution < 1.29 is 17.9 Å². The lowest BCUT2D eigenvalue weighted by Crippen LogP contribution is -2.16. The summed E-state index contributed by atoms with van der Waals surface area (Å²) in [6, 6.07) is 3.39. The zero-order valence-corrected chi connectivity index (χ0v) is 13.1. The average Bonchev–Trinajstić information content (AvgIpc) is 2.28. The van der Waals surface area contributed by atoms with Gasteiger partial charge in [0.05, 0.1) is 6.10 Å². The molecule has 1 atom stereocenters. The third-order valence-corrected chi connectivity index (χ3v) is 4.02. The molecule has 0 radical (unpaired) electrons. The maximum atomic E-state index is 11.6. The van der Waals surface area contributed by atoms with Crippen LogP contribution in [0.5, 0.6) is 5.75 Å². The molecule has 1 aromatic rings. The van der Waals surface area contributed by atoms with E-state index in [-0.39, 0.29) is 11.0 Å². The Labute approximate surface area is 119 Å². The van der Waals surface area contributed by atoms with Gasteiger partial charge in [0.15, 0.2) is 0 Å². The minimum Gasteiger partial charge on any atom is -0.489 e.